The first-order valence-corrected chi connectivity index (χ1v) is 8.47. The Balaban J connectivity index is 1.96. The number of benzene rings is 1. The fraction of sp³-hybridized carbons (Fsp3) is 0.500. The molecule has 1 aliphatic heterocycles. The number of nitrogens with zero attached hydrogens (tertiary/aromatic N) is 1. The van der Waals surface area contributed by atoms with Crippen LogP contribution in [0.25, 0.3) is 0 Å². The van der Waals surface area contributed by atoms with Gasteiger partial charge >= 0.3 is 0 Å². The zero-order valence-corrected chi connectivity index (χ0v) is 14.5. The lowest BCUT2D eigenvalue weighted by molar-refractivity contribution is 0.314. The van der Waals surface area contributed by atoms with Crippen molar-refractivity contribution in [3.63, 3.8) is 0 Å². The highest BCUT2D eigenvalue weighted by molar-refractivity contribution is 7.80. The Morgan fingerprint density at radius 1 is 1.23 bits per heavy atom. The Kier molecular flexibility index (Phi) is 4.50. The average Bonchev–Trinajstić information content (AvgIpc) is 2.47. The molecule has 1 heterocycles. The third-order valence-electron chi connectivity index (χ3n) is 4.62. The number of rotatable bonds is 3. The van der Waals surface area contributed by atoms with Crippen LogP contribution in [0.3, 0.4) is 0 Å². The summed E-state index contributed by atoms with van der Waals surface area (Å²) in [4.78, 5) is 2.27. The maximum atomic E-state index is 5.47. The van der Waals surface area contributed by atoms with Gasteiger partial charge in [-0.3, -0.25) is 0 Å². The predicted octanol–water partition coefficient (Wildman–Crippen LogP) is 3.13. The van der Waals surface area contributed by atoms with E-state index in [1.165, 1.54) is 35.2 Å². The summed E-state index contributed by atoms with van der Waals surface area (Å²) in [5.41, 5.74) is 5.47. The van der Waals surface area contributed by atoms with Gasteiger partial charge in [-0.05, 0) is 63.6 Å². The number of nitrogens with one attached hydrogen (secondary N) is 2. The van der Waals surface area contributed by atoms with Gasteiger partial charge in [-0.25, -0.2) is 0 Å². The first-order chi connectivity index (χ1) is 10.5. The minimum Gasteiger partial charge on any atom is -0.352 e. The van der Waals surface area contributed by atoms with Crippen LogP contribution in [0.15, 0.2) is 35.5 Å². The molecule has 0 saturated heterocycles. The van der Waals surface area contributed by atoms with Crippen molar-refractivity contribution in [2.45, 2.75) is 32.2 Å². The van der Waals surface area contributed by atoms with Crippen molar-refractivity contribution >= 4 is 17.3 Å². The van der Waals surface area contributed by atoms with Gasteiger partial charge in [0.2, 0.25) is 0 Å². The Labute approximate surface area is 138 Å². The summed E-state index contributed by atoms with van der Waals surface area (Å²) in [7, 11) is 4.29. The molecular formula is C18H25N3S. The van der Waals surface area contributed by atoms with Crippen LogP contribution in [-0.2, 0) is 0 Å². The van der Waals surface area contributed by atoms with Crippen molar-refractivity contribution in [2.24, 2.45) is 5.92 Å². The highest BCUT2D eigenvalue weighted by atomic mass is 32.1. The third kappa shape index (κ3) is 3.18. The summed E-state index contributed by atoms with van der Waals surface area (Å²) in [5.74, 6) is 0.562. The molecule has 0 fully saturated rings. The van der Waals surface area contributed by atoms with Crippen LogP contribution in [0, 0.1) is 12.8 Å². The monoisotopic (exact) mass is 315 g/mol. The first kappa shape index (κ1) is 15.5. The van der Waals surface area contributed by atoms with E-state index in [9.17, 15) is 0 Å². The summed E-state index contributed by atoms with van der Waals surface area (Å²) >= 11 is 5.47. The van der Waals surface area contributed by atoms with Gasteiger partial charge in [-0.1, -0.05) is 29.8 Å². The standard InChI is InChI=1S/C18H25N3S/c1-12-7-9-13(10-8-12)16-15-6-4-5-14(11-21(2)3)17(15)20-18(22)19-16/h7-10,14,16H,4-6,11H2,1-3H3,(H2,19,20,22)/t14-,16+/m1/s1. The number of thiocarbonyl (C=S) groups is 1. The van der Waals surface area contributed by atoms with E-state index in [2.05, 4.69) is 60.8 Å². The second-order valence-corrected chi connectivity index (χ2v) is 7.14. The summed E-state index contributed by atoms with van der Waals surface area (Å²) in [6.07, 6.45) is 3.66. The minimum absolute atomic E-state index is 0.231. The van der Waals surface area contributed by atoms with E-state index in [0.29, 0.717) is 5.92 Å². The van der Waals surface area contributed by atoms with E-state index in [-0.39, 0.29) is 6.04 Å². The quantitative estimate of drug-likeness (QED) is 0.838. The highest BCUT2D eigenvalue weighted by Gasteiger charge is 2.32. The molecule has 0 spiro atoms. The molecule has 1 aromatic carbocycles. The molecule has 0 amide bonds. The molecular weight excluding hydrogens is 290 g/mol. The molecule has 0 unspecified atom stereocenters. The van der Waals surface area contributed by atoms with Crippen LogP contribution in [-0.4, -0.2) is 30.7 Å². The molecule has 1 aliphatic carbocycles. The fourth-order valence-electron chi connectivity index (χ4n) is 3.61. The van der Waals surface area contributed by atoms with Crippen LogP contribution in [0.4, 0.5) is 0 Å². The number of aryl methyl sites for hydroxylation is 1. The van der Waals surface area contributed by atoms with Crippen LogP contribution < -0.4 is 10.6 Å². The van der Waals surface area contributed by atoms with Gasteiger partial charge in [0.15, 0.2) is 5.11 Å². The van der Waals surface area contributed by atoms with Crippen molar-refractivity contribution in [2.75, 3.05) is 20.6 Å². The van der Waals surface area contributed by atoms with Crippen LogP contribution in [0.2, 0.25) is 0 Å². The molecule has 2 atom stereocenters. The van der Waals surface area contributed by atoms with Crippen molar-refractivity contribution in [1.82, 2.24) is 15.5 Å². The Bertz CT molecular complexity index is 589. The SMILES string of the molecule is Cc1ccc([C@@H]2NC(=S)NC3=C2CCC[C@@H]3CN(C)C)cc1. The second-order valence-electron chi connectivity index (χ2n) is 6.73. The molecule has 4 heteroatoms. The molecule has 3 nitrogen and oxygen atoms in total. The fourth-order valence-corrected chi connectivity index (χ4v) is 3.83. The van der Waals surface area contributed by atoms with Gasteiger partial charge in [0.05, 0.1) is 6.04 Å². The Morgan fingerprint density at radius 3 is 2.64 bits per heavy atom. The molecule has 0 bridgehead atoms. The molecule has 0 saturated carbocycles. The lowest BCUT2D eigenvalue weighted by Gasteiger charge is -2.39. The maximum absolute atomic E-state index is 5.47. The summed E-state index contributed by atoms with van der Waals surface area (Å²) in [5, 5.41) is 7.69. The number of hydrogen-bond acceptors (Lipinski definition) is 2. The van der Waals surface area contributed by atoms with Gasteiger partial charge in [-0.15, -0.1) is 0 Å². The lowest BCUT2D eigenvalue weighted by Crippen LogP contribution is -2.47. The molecule has 22 heavy (non-hydrogen) atoms. The average molecular weight is 315 g/mol. The number of hydrogen-bond donors (Lipinski definition) is 2. The zero-order valence-electron chi connectivity index (χ0n) is 13.6. The summed E-state index contributed by atoms with van der Waals surface area (Å²) < 4.78 is 0. The Morgan fingerprint density at radius 2 is 1.95 bits per heavy atom. The Hall–Kier alpha value is -1.39. The van der Waals surface area contributed by atoms with Gasteiger partial charge in [0.25, 0.3) is 0 Å². The van der Waals surface area contributed by atoms with E-state index in [0.717, 1.165) is 18.1 Å². The van der Waals surface area contributed by atoms with Gasteiger partial charge < -0.3 is 15.5 Å². The lowest BCUT2D eigenvalue weighted by atomic mass is 9.80. The molecule has 118 valence electrons. The van der Waals surface area contributed by atoms with Crippen molar-refractivity contribution in [3.8, 4) is 0 Å². The molecule has 0 aromatic heterocycles. The van der Waals surface area contributed by atoms with Gasteiger partial charge in [0, 0.05) is 18.2 Å². The maximum Gasteiger partial charge on any atom is 0.171 e. The molecule has 0 radical (unpaired) electrons. The second kappa shape index (κ2) is 6.39. The smallest absolute Gasteiger partial charge is 0.171 e. The van der Waals surface area contributed by atoms with Crippen molar-refractivity contribution < 1.29 is 0 Å². The van der Waals surface area contributed by atoms with E-state index < -0.39 is 0 Å². The topological polar surface area (TPSA) is 27.3 Å². The van der Waals surface area contributed by atoms with Crippen LogP contribution in [0.5, 0.6) is 0 Å². The predicted molar refractivity (Wildman–Crippen MR) is 95.7 cm³/mol. The van der Waals surface area contributed by atoms with E-state index in [4.69, 9.17) is 12.2 Å². The molecule has 2 aliphatic rings. The first-order valence-electron chi connectivity index (χ1n) is 8.06. The molecule has 3 rings (SSSR count). The van der Waals surface area contributed by atoms with Crippen LogP contribution >= 0.6 is 12.2 Å². The van der Waals surface area contributed by atoms with Gasteiger partial charge in [-0.2, -0.15) is 0 Å². The van der Waals surface area contributed by atoms with E-state index in [1.54, 1.807) is 0 Å². The van der Waals surface area contributed by atoms with Gasteiger partial charge in [0.1, 0.15) is 0 Å². The van der Waals surface area contributed by atoms with Crippen molar-refractivity contribution in [1.29, 1.82) is 0 Å². The normalized spacial score (nSPS) is 24.8. The zero-order chi connectivity index (χ0) is 15.7. The van der Waals surface area contributed by atoms with Crippen molar-refractivity contribution in [3.05, 3.63) is 46.7 Å². The third-order valence-corrected chi connectivity index (χ3v) is 4.84. The molecule has 1 aromatic rings. The van der Waals surface area contributed by atoms with E-state index >= 15 is 0 Å². The van der Waals surface area contributed by atoms with E-state index in [1.807, 2.05) is 0 Å². The summed E-state index contributed by atoms with van der Waals surface area (Å²) in [6.45, 7) is 3.21. The minimum atomic E-state index is 0.231. The molecule has 2 N–H and O–H groups in total. The highest BCUT2D eigenvalue weighted by Crippen LogP contribution is 2.38. The summed E-state index contributed by atoms with van der Waals surface area (Å²) in [6, 6.07) is 9.04. The van der Waals surface area contributed by atoms with Crippen LogP contribution in [0.1, 0.15) is 36.4 Å². The largest absolute Gasteiger partial charge is 0.352 e.